The van der Waals surface area contributed by atoms with Crippen molar-refractivity contribution in [2.24, 2.45) is 5.92 Å². The molecule has 0 spiro atoms. The molecule has 21 heavy (non-hydrogen) atoms. The van der Waals surface area contributed by atoms with Gasteiger partial charge in [-0.15, -0.1) is 0 Å². The number of halogens is 1. The minimum atomic E-state index is -0.137. The molecule has 3 rings (SSSR count). The molecule has 1 N–H and O–H groups in total. The van der Waals surface area contributed by atoms with Crippen molar-refractivity contribution in [1.82, 2.24) is 4.90 Å². The van der Waals surface area contributed by atoms with Gasteiger partial charge in [-0.25, -0.2) is 0 Å². The second-order valence-electron chi connectivity index (χ2n) is 5.56. The molecule has 0 radical (unpaired) electrons. The van der Waals surface area contributed by atoms with Gasteiger partial charge in [0, 0.05) is 16.1 Å². The van der Waals surface area contributed by atoms with Gasteiger partial charge in [-0.3, -0.25) is 9.59 Å². The number of nitrogens with one attached hydrogen (secondary N) is 1. The van der Waals surface area contributed by atoms with Crippen molar-refractivity contribution >= 4 is 33.4 Å². The van der Waals surface area contributed by atoms with Gasteiger partial charge in [0.25, 0.3) is 0 Å². The first-order valence-corrected chi connectivity index (χ1v) is 7.90. The van der Waals surface area contributed by atoms with Crippen molar-refractivity contribution in [1.29, 1.82) is 0 Å². The lowest BCUT2D eigenvalue weighted by Crippen LogP contribution is -2.40. The van der Waals surface area contributed by atoms with Crippen LogP contribution in [0.3, 0.4) is 0 Å². The van der Waals surface area contributed by atoms with E-state index in [1.54, 1.807) is 4.90 Å². The molecule has 0 saturated carbocycles. The summed E-state index contributed by atoms with van der Waals surface area (Å²) in [5.41, 5.74) is 1.75. The molecule has 1 aliphatic heterocycles. The monoisotopic (exact) mass is 348 g/mol. The number of carbonyl (C=O) groups excluding carboxylic acids is 2. The molecular weight excluding hydrogens is 332 g/mol. The van der Waals surface area contributed by atoms with Crippen LogP contribution < -0.4 is 5.32 Å². The van der Waals surface area contributed by atoms with E-state index in [1.165, 1.54) is 0 Å². The Morgan fingerprint density at radius 1 is 1.33 bits per heavy atom. The maximum Gasteiger partial charge on any atom is 0.244 e. The molecule has 0 aromatic heterocycles. The van der Waals surface area contributed by atoms with Gasteiger partial charge in [0.15, 0.2) is 0 Å². The Morgan fingerprint density at radius 2 is 2.05 bits per heavy atom. The first kappa shape index (κ1) is 14.3. The van der Waals surface area contributed by atoms with Gasteiger partial charge in [0.2, 0.25) is 11.8 Å². The van der Waals surface area contributed by atoms with E-state index in [2.05, 4.69) is 21.2 Å². The summed E-state index contributed by atoms with van der Waals surface area (Å²) in [6, 6.07) is 5.62. The van der Waals surface area contributed by atoms with Gasteiger partial charge >= 0.3 is 0 Å². The summed E-state index contributed by atoms with van der Waals surface area (Å²) < 4.78 is 0.944. The van der Waals surface area contributed by atoms with Gasteiger partial charge < -0.3 is 10.2 Å². The fourth-order valence-electron chi connectivity index (χ4n) is 2.96. The summed E-state index contributed by atoms with van der Waals surface area (Å²) in [5.74, 6) is -0.0911. The molecule has 1 aliphatic carbocycles. The third kappa shape index (κ3) is 2.75. The molecule has 5 heteroatoms. The third-order valence-electron chi connectivity index (χ3n) is 4.16. The highest BCUT2D eigenvalue weighted by molar-refractivity contribution is 9.10. The molecule has 1 heterocycles. The van der Waals surface area contributed by atoms with E-state index in [0.717, 1.165) is 28.6 Å². The summed E-state index contributed by atoms with van der Waals surface area (Å²) in [6.45, 7) is 2.09. The number of benzene rings is 1. The first-order chi connectivity index (χ1) is 10.1. The largest absolute Gasteiger partial charge is 0.326 e. The number of fused-ring (bicyclic) bond motifs is 1. The van der Waals surface area contributed by atoms with Crippen LogP contribution in [0.15, 0.2) is 34.8 Å². The van der Waals surface area contributed by atoms with E-state index in [0.29, 0.717) is 0 Å². The van der Waals surface area contributed by atoms with Crippen LogP contribution in [-0.4, -0.2) is 23.3 Å². The number of anilines is 1. The molecule has 1 unspecified atom stereocenters. The van der Waals surface area contributed by atoms with Gasteiger partial charge in [-0.05, 0) is 43.5 Å². The van der Waals surface area contributed by atoms with Gasteiger partial charge in [-0.1, -0.05) is 28.1 Å². The predicted octanol–water partition coefficient (Wildman–Crippen LogP) is 3.26. The van der Waals surface area contributed by atoms with Crippen LogP contribution in [0, 0.1) is 5.92 Å². The quantitative estimate of drug-likeness (QED) is 0.792. The second-order valence-corrected chi connectivity index (χ2v) is 6.48. The highest BCUT2D eigenvalue weighted by Crippen LogP contribution is 2.34. The Hall–Kier alpha value is -1.62. The van der Waals surface area contributed by atoms with Crippen LogP contribution >= 0.6 is 15.9 Å². The average molecular weight is 349 g/mol. The molecule has 2 amide bonds. The van der Waals surface area contributed by atoms with Crippen LogP contribution in [0.5, 0.6) is 0 Å². The standard InChI is InChI=1S/C16H17BrN2O2/c1-10-13-8-12(17)6-7-14(13)18-15(20)9-19(10)16(21)11-4-2-3-5-11/h2-3,6-8,10-11H,4-5,9H2,1H3,(H,18,20). The zero-order valence-electron chi connectivity index (χ0n) is 11.8. The number of amides is 2. The maximum atomic E-state index is 12.7. The molecule has 0 bridgehead atoms. The van der Waals surface area contributed by atoms with Gasteiger partial charge in [-0.2, -0.15) is 0 Å². The van der Waals surface area contributed by atoms with Gasteiger partial charge in [0.05, 0.1) is 6.04 Å². The Bertz CT molecular complexity index is 619. The molecule has 1 aromatic carbocycles. The molecule has 0 saturated heterocycles. The van der Waals surface area contributed by atoms with Crippen LogP contribution in [0.1, 0.15) is 31.4 Å². The zero-order valence-corrected chi connectivity index (χ0v) is 13.4. The molecule has 0 fully saturated rings. The Kier molecular flexibility index (Phi) is 3.85. The summed E-state index contributed by atoms with van der Waals surface area (Å²) >= 11 is 3.46. The summed E-state index contributed by atoms with van der Waals surface area (Å²) in [5, 5.41) is 2.89. The van der Waals surface area contributed by atoms with Crippen molar-refractivity contribution in [2.45, 2.75) is 25.8 Å². The molecule has 1 atom stereocenters. The molecule has 4 nitrogen and oxygen atoms in total. The van der Waals surface area contributed by atoms with Crippen molar-refractivity contribution in [3.05, 3.63) is 40.4 Å². The van der Waals surface area contributed by atoms with E-state index in [4.69, 9.17) is 0 Å². The van der Waals surface area contributed by atoms with Crippen molar-refractivity contribution in [3.8, 4) is 0 Å². The number of hydrogen-bond acceptors (Lipinski definition) is 2. The lowest BCUT2D eigenvalue weighted by atomic mass is 10.0. The Morgan fingerprint density at radius 3 is 2.76 bits per heavy atom. The molecule has 2 aliphatic rings. The number of nitrogens with zero attached hydrogens (tertiary/aromatic N) is 1. The summed E-state index contributed by atoms with van der Waals surface area (Å²) in [4.78, 5) is 26.5. The number of carbonyl (C=O) groups is 2. The zero-order chi connectivity index (χ0) is 15.0. The molecule has 1 aromatic rings. The SMILES string of the molecule is CC1c2cc(Br)ccc2NC(=O)CN1C(=O)C1CC=CC1. The third-order valence-corrected chi connectivity index (χ3v) is 4.65. The van der Waals surface area contributed by atoms with Gasteiger partial charge in [0.1, 0.15) is 6.54 Å². The second kappa shape index (κ2) is 5.64. The fourth-order valence-corrected chi connectivity index (χ4v) is 3.34. The molecular formula is C16H17BrN2O2. The Balaban J connectivity index is 1.94. The average Bonchev–Trinajstić information content (AvgIpc) is 2.95. The minimum Gasteiger partial charge on any atom is -0.326 e. The van der Waals surface area contributed by atoms with E-state index in [-0.39, 0.29) is 30.3 Å². The predicted molar refractivity (Wildman–Crippen MR) is 84.8 cm³/mol. The van der Waals surface area contributed by atoms with Crippen molar-refractivity contribution < 1.29 is 9.59 Å². The summed E-state index contributed by atoms with van der Waals surface area (Å²) in [7, 11) is 0. The van der Waals surface area contributed by atoms with Crippen LogP contribution in [0.25, 0.3) is 0 Å². The topological polar surface area (TPSA) is 49.4 Å². The normalized spacial score (nSPS) is 21.9. The van der Waals surface area contributed by atoms with E-state index < -0.39 is 0 Å². The maximum absolute atomic E-state index is 12.7. The number of rotatable bonds is 1. The van der Waals surface area contributed by atoms with Crippen molar-refractivity contribution in [2.75, 3.05) is 11.9 Å². The van der Waals surface area contributed by atoms with Crippen LogP contribution in [0.2, 0.25) is 0 Å². The van der Waals surface area contributed by atoms with Crippen LogP contribution in [0.4, 0.5) is 5.69 Å². The first-order valence-electron chi connectivity index (χ1n) is 7.11. The lowest BCUT2D eigenvalue weighted by molar-refractivity contribution is -0.140. The highest BCUT2D eigenvalue weighted by atomic mass is 79.9. The fraction of sp³-hybridized carbons (Fsp3) is 0.375. The Labute approximate surface area is 132 Å². The number of hydrogen-bond donors (Lipinski definition) is 1. The summed E-state index contributed by atoms with van der Waals surface area (Å²) in [6.07, 6.45) is 5.62. The van der Waals surface area contributed by atoms with E-state index >= 15 is 0 Å². The minimum absolute atomic E-state index is 0.0195. The smallest absolute Gasteiger partial charge is 0.244 e. The number of allylic oxidation sites excluding steroid dienone is 2. The lowest BCUT2D eigenvalue weighted by Gasteiger charge is -2.29. The van der Waals surface area contributed by atoms with Crippen LogP contribution in [-0.2, 0) is 9.59 Å². The molecule has 110 valence electrons. The van der Waals surface area contributed by atoms with E-state index in [1.807, 2.05) is 37.3 Å². The highest BCUT2D eigenvalue weighted by Gasteiger charge is 2.33. The van der Waals surface area contributed by atoms with E-state index in [9.17, 15) is 9.59 Å². The van der Waals surface area contributed by atoms with Crippen molar-refractivity contribution in [3.63, 3.8) is 0 Å².